The van der Waals surface area contributed by atoms with E-state index in [0.29, 0.717) is 18.7 Å². The van der Waals surface area contributed by atoms with Gasteiger partial charge in [0.15, 0.2) is 11.4 Å². The van der Waals surface area contributed by atoms with Crippen LogP contribution in [-0.2, 0) is 30.3 Å². The number of aliphatic hydroxyl groups is 1. The molecular weight excluding hydrogens is 393 g/mol. The van der Waals surface area contributed by atoms with E-state index in [4.69, 9.17) is 18.9 Å². The maximum absolute atomic E-state index is 14.1. The van der Waals surface area contributed by atoms with Gasteiger partial charge < -0.3 is 29.4 Å². The molecule has 8 heteroatoms. The lowest BCUT2D eigenvalue weighted by Crippen LogP contribution is -2.60. The molecule has 3 aliphatic rings. The highest BCUT2D eigenvalue weighted by Crippen LogP contribution is 2.43. The van der Waals surface area contributed by atoms with Crippen LogP contribution in [0.1, 0.15) is 45.1 Å². The number of carbonyl (C=O) groups excluding carboxylic acids is 1. The minimum atomic E-state index is -1.36. The van der Waals surface area contributed by atoms with E-state index in [0.717, 1.165) is 12.8 Å². The molecular formula is C22H30FNO6. The molecule has 0 unspecified atom stereocenters. The van der Waals surface area contributed by atoms with Gasteiger partial charge in [-0.05, 0) is 32.8 Å². The molecule has 5 atom stereocenters. The van der Waals surface area contributed by atoms with Crippen LogP contribution in [0.25, 0.3) is 0 Å². The number of benzene rings is 1. The fourth-order valence-corrected chi connectivity index (χ4v) is 4.58. The Balaban J connectivity index is 1.52. The van der Waals surface area contributed by atoms with Gasteiger partial charge in [-0.15, -0.1) is 0 Å². The highest BCUT2D eigenvalue weighted by Gasteiger charge is 2.57. The lowest BCUT2D eigenvalue weighted by molar-refractivity contribution is -0.175. The number of hydrogen-bond acceptors (Lipinski definition) is 6. The average Bonchev–Trinajstić information content (AvgIpc) is 3.32. The van der Waals surface area contributed by atoms with Gasteiger partial charge in [0.2, 0.25) is 0 Å². The Bertz CT molecular complexity index is 768. The summed E-state index contributed by atoms with van der Waals surface area (Å²) in [6, 6.07) is 6.29. The van der Waals surface area contributed by atoms with Gasteiger partial charge in [0, 0.05) is 31.6 Å². The van der Waals surface area contributed by atoms with Gasteiger partial charge in [-0.1, -0.05) is 18.2 Å². The SMILES string of the molecule is CC1(C)O[C@H]2[C@H](O)C[C@](OCc3ccccc3F)(C(=O)NC[C@@H]3CCCO3)C[C@H]2O1. The Hall–Kier alpha value is -1.58. The summed E-state index contributed by atoms with van der Waals surface area (Å²) in [4.78, 5) is 13.3. The van der Waals surface area contributed by atoms with Crippen LogP contribution in [0.4, 0.5) is 4.39 Å². The number of rotatable bonds is 6. The zero-order valence-corrected chi connectivity index (χ0v) is 17.4. The summed E-state index contributed by atoms with van der Waals surface area (Å²) >= 11 is 0. The molecule has 30 heavy (non-hydrogen) atoms. The quantitative estimate of drug-likeness (QED) is 0.729. The molecule has 1 aromatic rings. The minimum absolute atomic E-state index is 0.0242. The Labute approximate surface area is 175 Å². The summed E-state index contributed by atoms with van der Waals surface area (Å²) in [6.07, 6.45) is 0.112. The third-order valence-electron chi connectivity index (χ3n) is 6.06. The van der Waals surface area contributed by atoms with Crippen LogP contribution in [0.2, 0.25) is 0 Å². The molecule has 0 radical (unpaired) electrons. The van der Waals surface area contributed by atoms with E-state index in [1.165, 1.54) is 6.07 Å². The summed E-state index contributed by atoms with van der Waals surface area (Å²) in [6.45, 7) is 4.53. The summed E-state index contributed by atoms with van der Waals surface area (Å²) in [5.41, 5.74) is -1.00. The van der Waals surface area contributed by atoms with Crippen molar-refractivity contribution in [2.45, 2.75) is 81.9 Å². The van der Waals surface area contributed by atoms with Gasteiger partial charge in [0.1, 0.15) is 11.9 Å². The van der Waals surface area contributed by atoms with E-state index in [9.17, 15) is 14.3 Å². The Morgan fingerprint density at radius 2 is 2.10 bits per heavy atom. The van der Waals surface area contributed by atoms with E-state index in [1.807, 2.05) is 0 Å². The number of amides is 1. The number of ether oxygens (including phenoxy) is 4. The van der Waals surface area contributed by atoms with Crippen LogP contribution in [0.3, 0.4) is 0 Å². The lowest BCUT2D eigenvalue weighted by atomic mass is 9.78. The van der Waals surface area contributed by atoms with Gasteiger partial charge >= 0.3 is 0 Å². The maximum atomic E-state index is 14.1. The zero-order chi connectivity index (χ0) is 21.4. The van der Waals surface area contributed by atoms with Crippen LogP contribution in [0.5, 0.6) is 0 Å². The molecule has 1 aromatic carbocycles. The Morgan fingerprint density at radius 3 is 2.83 bits per heavy atom. The largest absolute Gasteiger partial charge is 0.390 e. The van der Waals surface area contributed by atoms with Crippen LogP contribution in [-0.4, -0.2) is 60.0 Å². The van der Waals surface area contributed by atoms with E-state index in [2.05, 4.69) is 5.32 Å². The molecule has 0 aromatic heterocycles. The number of fused-ring (bicyclic) bond motifs is 1. The molecule has 1 aliphatic carbocycles. The van der Waals surface area contributed by atoms with Gasteiger partial charge in [0.25, 0.3) is 5.91 Å². The van der Waals surface area contributed by atoms with Crippen LogP contribution < -0.4 is 5.32 Å². The molecule has 7 nitrogen and oxygen atoms in total. The number of carbonyl (C=O) groups is 1. The standard InChI is InChI=1S/C22H30FNO6/c1-21(2)29-18-11-22(10-17(25)19(18)30-21,20(26)24-12-15-7-5-9-27-15)28-13-14-6-3-4-8-16(14)23/h3-4,6,8,15,17-19,25H,5,7,9-13H2,1-2H3,(H,24,26)/t15-,17+,18+,19-,22+/m0/s1. The topological polar surface area (TPSA) is 86.2 Å². The second kappa shape index (κ2) is 8.51. The molecule has 2 heterocycles. The first-order valence-corrected chi connectivity index (χ1v) is 10.6. The Kier molecular flexibility index (Phi) is 6.14. The zero-order valence-electron chi connectivity index (χ0n) is 17.4. The summed E-state index contributed by atoms with van der Waals surface area (Å²) in [5.74, 6) is -1.60. The number of nitrogens with one attached hydrogen (secondary N) is 1. The van der Waals surface area contributed by atoms with Crippen molar-refractivity contribution < 1.29 is 33.2 Å². The molecule has 2 N–H and O–H groups in total. The normalized spacial score (nSPS) is 35.2. The second-order valence-electron chi connectivity index (χ2n) is 8.83. The van der Waals surface area contributed by atoms with Crippen molar-refractivity contribution in [2.24, 2.45) is 0 Å². The molecule has 2 aliphatic heterocycles. The molecule has 0 bridgehead atoms. The van der Waals surface area contributed by atoms with Crippen molar-refractivity contribution >= 4 is 5.91 Å². The molecule has 1 saturated carbocycles. The summed E-state index contributed by atoms with van der Waals surface area (Å²) in [7, 11) is 0. The third-order valence-corrected chi connectivity index (χ3v) is 6.06. The van der Waals surface area contributed by atoms with Crippen molar-refractivity contribution in [1.29, 1.82) is 0 Å². The predicted octanol–water partition coefficient (Wildman–Crippen LogP) is 2.05. The second-order valence-corrected chi connectivity index (χ2v) is 8.83. The van der Waals surface area contributed by atoms with Gasteiger partial charge in [-0.25, -0.2) is 4.39 Å². The molecule has 4 rings (SSSR count). The van der Waals surface area contributed by atoms with Crippen molar-refractivity contribution in [1.82, 2.24) is 5.32 Å². The van der Waals surface area contributed by atoms with Crippen molar-refractivity contribution in [3.8, 4) is 0 Å². The number of aliphatic hydroxyl groups excluding tert-OH is 1. The van der Waals surface area contributed by atoms with Gasteiger partial charge in [-0.2, -0.15) is 0 Å². The molecule has 166 valence electrons. The highest BCUT2D eigenvalue weighted by atomic mass is 19.1. The van der Waals surface area contributed by atoms with Crippen molar-refractivity contribution in [3.05, 3.63) is 35.6 Å². The Morgan fingerprint density at radius 1 is 1.30 bits per heavy atom. The van der Waals surface area contributed by atoms with Gasteiger partial charge in [0.05, 0.1) is 24.9 Å². The van der Waals surface area contributed by atoms with E-state index in [1.54, 1.807) is 32.0 Å². The fraction of sp³-hybridized carbons (Fsp3) is 0.682. The predicted molar refractivity (Wildman–Crippen MR) is 105 cm³/mol. The van der Waals surface area contributed by atoms with Crippen molar-refractivity contribution in [3.63, 3.8) is 0 Å². The molecule has 3 fully saturated rings. The fourth-order valence-electron chi connectivity index (χ4n) is 4.58. The van der Waals surface area contributed by atoms with E-state index >= 15 is 0 Å². The third kappa shape index (κ3) is 4.53. The van der Waals surface area contributed by atoms with Crippen molar-refractivity contribution in [2.75, 3.05) is 13.2 Å². The lowest BCUT2D eigenvalue weighted by Gasteiger charge is -2.42. The monoisotopic (exact) mass is 423 g/mol. The summed E-state index contributed by atoms with van der Waals surface area (Å²) < 4.78 is 37.5. The first kappa shape index (κ1) is 21.6. The molecule has 1 amide bonds. The molecule has 2 saturated heterocycles. The highest BCUT2D eigenvalue weighted by molar-refractivity contribution is 5.85. The van der Waals surface area contributed by atoms with Crippen LogP contribution in [0.15, 0.2) is 24.3 Å². The smallest absolute Gasteiger partial charge is 0.252 e. The number of hydrogen-bond donors (Lipinski definition) is 2. The first-order chi connectivity index (χ1) is 14.3. The van der Waals surface area contributed by atoms with Crippen LogP contribution in [0, 0.1) is 5.82 Å². The average molecular weight is 423 g/mol. The maximum Gasteiger partial charge on any atom is 0.252 e. The molecule has 0 spiro atoms. The van der Waals surface area contributed by atoms with E-state index in [-0.39, 0.29) is 31.5 Å². The van der Waals surface area contributed by atoms with E-state index < -0.39 is 35.5 Å². The summed E-state index contributed by atoms with van der Waals surface area (Å²) in [5, 5.41) is 13.7. The van der Waals surface area contributed by atoms with Gasteiger partial charge in [-0.3, -0.25) is 4.79 Å². The first-order valence-electron chi connectivity index (χ1n) is 10.6. The number of halogens is 1. The van der Waals surface area contributed by atoms with Crippen LogP contribution >= 0.6 is 0 Å². The minimum Gasteiger partial charge on any atom is -0.390 e.